The third kappa shape index (κ3) is 3.01. The van der Waals surface area contributed by atoms with Crippen molar-refractivity contribution >= 4 is 16.8 Å². The molecule has 2 aromatic carbocycles. The molecule has 0 aliphatic rings. The molecule has 0 fully saturated rings. The van der Waals surface area contributed by atoms with Crippen LogP contribution >= 0.6 is 0 Å². The van der Waals surface area contributed by atoms with E-state index in [4.69, 9.17) is 5.11 Å². The summed E-state index contributed by atoms with van der Waals surface area (Å²) >= 11 is 0. The largest absolute Gasteiger partial charge is 0.388 e. The lowest BCUT2D eigenvalue weighted by molar-refractivity contribution is 0.0903. The highest BCUT2D eigenvalue weighted by Gasteiger charge is 2.05. The number of aliphatic hydroxyl groups is 1. The Hall–Kier alpha value is -2.46. The number of aliphatic hydroxyl groups excluding tert-OH is 1. The van der Waals surface area contributed by atoms with Gasteiger partial charge in [-0.15, -0.1) is 0 Å². The molecule has 0 unspecified atom stereocenters. The number of imidazole rings is 1. The van der Waals surface area contributed by atoms with Crippen LogP contribution in [0.15, 0.2) is 54.9 Å². The fraction of sp³-hybridized carbons (Fsp3) is 0.176. The Kier molecular flexibility index (Phi) is 4.50. The number of fused-ring (bicyclic) bond motifs is 1. The number of para-hydroxylation sites is 2. The van der Waals surface area contributed by atoms with Crippen molar-refractivity contribution in [3.63, 3.8) is 0 Å². The van der Waals surface area contributed by atoms with Crippen LogP contribution < -0.4 is 0 Å². The molecule has 1 aromatic heterocycles. The number of rotatable bonds is 4. The van der Waals surface area contributed by atoms with Crippen molar-refractivity contribution in [2.75, 3.05) is 6.61 Å². The predicted molar refractivity (Wildman–Crippen MR) is 83.4 cm³/mol. The molecule has 1 N–H and O–H groups in total. The van der Waals surface area contributed by atoms with Gasteiger partial charge in [0.25, 0.3) is 0 Å². The molecule has 0 aliphatic heterocycles. The molecule has 0 saturated carbocycles. The minimum atomic E-state index is -0.453. The van der Waals surface area contributed by atoms with Crippen molar-refractivity contribution < 1.29 is 9.90 Å². The van der Waals surface area contributed by atoms with Crippen LogP contribution in [0, 0.1) is 0 Å². The summed E-state index contributed by atoms with van der Waals surface area (Å²) < 4.78 is 2.07. The minimum Gasteiger partial charge on any atom is -0.388 e. The third-order valence-electron chi connectivity index (χ3n) is 3.30. The number of benzene rings is 2. The zero-order valence-electron chi connectivity index (χ0n) is 10.9. The second kappa shape index (κ2) is 6.33. The molecule has 0 bridgehead atoms. The van der Waals surface area contributed by atoms with Gasteiger partial charge in [-0.2, -0.15) is 0 Å². The van der Waals surface area contributed by atoms with Crippen LogP contribution in [0.5, 0.6) is 0 Å². The normalized spacial score (nSPS) is 10.3. The predicted octanol–water partition coefficient (Wildman–Crippen LogP) is 2.90. The summed E-state index contributed by atoms with van der Waals surface area (Å²) in [6.45, 7) is 0.250. The molecule has 108 valence electrons. The quantitative estimate of drug-likeness (QED) is 0.749. The maximum absolute atomic E-state index is 11.4. The topological polar surface area (TPSA) is 55.1 Å². The Balaban J connectivity index is 0.00000161. The Bertz CT molecular complexity index is 745. The van der Waals surface area contributed by atoms with Gasteiger partial charge >= 0.3 is 0 Å². The SMILES string of the molecule is C.O=C(CO)c1ccc(Cn2cnc3ccccc32)cc1. The van der Waals surface area contributed by atoms with Crippen LogP contribution in [0.25, 0.3) is 11.0 Å². The Morgan fingerprint density at radius 2 is 1.81 bits per heavy atom. The van der Waals surface area contributed by atoms with E-state index in [1.807, 2.05) is 42.7 Å². The standard InChI is InChI=1S/C16H14N2O2.CH4/c19-10-16(20)13-7-5-12(6-8-13)9-18-11-17-14-3-1-2-4-15(14)18;/h1-8,11,19H,9-10H2;1H4. The number of hydrogen-bond donors (Lipinski definition) is 1. The third-order valence-corrected chi connectivity index (χ3v) is 3.30. The molecule has 4 nitrogen and oxygen atoms in total. The van der Waals surface area contributed by atoms with Gasteiger partial charge in [0.05, 0.1) is 17.4 Å². The molecule has 3 aromatic rings. The van der Waals surface area contributed by atoms with Crippen molar-refractivity contribution in [1.82, 2.24) is 9.55 Å². The minimum absolute atomic E-state index is 0. The molecule has 0 aliphatic carbocycles. The molecule has 21 heavy (non-hydrogen) atoms. The zero-order valence-corrected chi connectivity index (χ0v) is 10.9. The first-order valence-electron chi connectivity index (χ1n) is 6.41. The van der Waals surface area contributed by atoms with Crippen LogP contribution in [0.4, 0.5) is 0 Å². The Morgan fingerprint density at radius 1 is 1.10 bits per heavy atom. The summed E-state index contributed by atoms with van der Waals surface area (Å²) in [4.78, 5) is 15.7. The van der Waals surface area contributed by atoms with Crippen molar-refractivity contribution in [2.24, 2.45) is 0 Å². The highest BCUT2D eigenvalue weighted by molar-refractivity contribution is 5.96. The van der Waals surface area contributed by atoms with Crippen LogP contribution in [0.1, 0.15) is 23.3 Å². The van der Waals surface area contributed by atoms with Crippen LogP contribution in [-0.4, -0.2) is 27.0 Å². The van der Waals surface area contributed by atoms with E-state index in [9.17, 15) is 4.79 Å². The van der Waals surface area contributed by atoms with Gasteiger partial charge < -0.3 is 9.67 Å². The molecule has 1 heterocycles. The molecular formula is C17H18N2O2. The fourth-order valence-electron chi connectivity index (χ4n) is 2.22. The van der Waals surface area contributed by atoms with Crippen LogP contribution in [0.3, 0.4) is 0 Å². The average Bonchev–Trinajstić information content (AvgIpc) is 2.91. The smallest absolute Gasteiger partial charge is 0.188 e. The first-order chi connectivity index (χ1) is 9.78. The van der Waals surface area contributed by atoms with Crippen molar-refractivity contribution in [1.29, 1.82) is 0 Å². The van der Waals surface area contributed by atoms with Gasteiger partial charge in [-0.3, -0.25) is 4.79 Å². The molecule has 3 rings (SSSR count). The summed E-state index contributed by atoms with van der Waals surface area (Å²) in [6.07, 6.45) is 1.82. The zero-order chi connectivity index (χ0) is 13.9. The maximum Gasteiger partial charge on any atom is 0.188 e. The van der Waals surface area contributed by atoms with Gasteiger partial charge in [0.2, 0.25) is 0 Å². The van der Waals surface area contributed by atoms with Gasteiger partial charge in [-0.25, -0.2) is 4.98 Å². The van der Waals surface area contributed by atoms with Crippen molar-refractivity contribution in [3.05, 3.63) is 66.0 Å². The van der Waals surface area contributed by atoms with Crippen molar-refractivity contribution in [3.8, 4) is 0 Å². The Labute approximate surface area is 123 Å². The van der Waals surface area contributed by atoms with Crippen molar-refractivity contribution in [2.45, 2.75) is 14.0 Å². The number of nitrogens with zero attached hydrogens (tertiary/aromatic N) is 2. The van der Waals surface area contributed by atoms with Gasteiger partial charge in [0, 0.05) is 12.1 Å². The fourth-order valence-corrected chi connectivity index (χ4v) is 2.22. The maximum atomic E-state index is 11.4. The number of hydrogen-bond acceptors (Lipinski definition) is 3. The number of carbonyl (C=O) groups is 1. The van der Waals surface area contributed by atoms with Crippen LogP contribution in [-0.2, 0) is 6.54 Å². The van der Waals surface area contributed by atoms with Gasteiger partial charge in [0.15, 0.2) is 5.78 Å². The summed E-state index contributed by atoms with van der Waals surface area (Å²) in [5.41, 5.74) is 3.68. The lowest BCUT2D eigenvalue weighted by Gasteiger charge is -2.05. The summed E-state index contributed by atoms with van der Waals surface area (Å²) in [6, 6.07) is 15.3. The lowest BCUT2D eigenvalue weighted by atomic mass is 10.1. The first kappa shape index (κ1) is 14.9. The molecule has 0 atom stereocenters. The molecular weight excluding hydrogens is 264 g/mol. The highest BCUT2D eigenvalue weighted by atomic mass is 16.3. The lowest BCUT2D eigenvalue weighted by Crippen LogP contribution is -2.04. The highest BCUT2D eigenvalue weighted by Crippen LogP contribution is 2.14. The summed E-state index contributed by atoms with van der Waals surface area (Å²) in [5.74, 6) is -0.260. The van der Waals surface area contributed by atoms with E-state index < -0.39 is 6.61 Å². The van der Waals surface area contributed by atoms with E-state index in [1.54, 1.807) is 12.1 Å². The number of carbonyl (C=O) groups excluding carboxylic acids is 1. The molecule has 0 saturated heterocycles. The van der Waals surface area contributed by atoms with Crippen LogP contribution in [0.2, 0.25) is 0 Å². The van der Waals surface area contributed by atoms with E-state index in [0.717, 1.165) is 16.6 Å². The van der Waals surface area contributed by atoms with E-state index in [2.05, 4.69) is 9.55 Å². The second-order valence-corrected chi connectivity index (χ2v) is 4.64. The monoisotopic (exact) mass is 282 g/mol. The average molecular weight is 282 g/mol. The van der Waals surface area contributed by atoms with Gasteiger partial charge in [-0.05, 0) is 17.7 Å². The van der Waals surface area contributed by atoms with E-state index >= 15 is 0 Å². The number of Topliss-reactive ketones (excluding diaryl/α,β-unsaturated/α-hetero) is 1. The molecule has 0 amide bonds. The van der Waals surface area contributed by atoms with E-state index in [1.165, 1.54) is 0 Å². The summed E-state index contributed by atoms with van der Waals surface area (Å²) in [5, 5.41) is 8.82. The Morgan fingerprint density at radius 3 is 2.52 bits per heavy atom. The molecule has 0 radical (unpaired) electrons. The molecule has 4 heteroatoms. The summed E-state index contributed by atoms with van der Waals surface area (Å²) in [7, 11) is 0. The number of ketones is 1. The number of aromatic nitrogens is 2. The van der Waals surface area contributed by atoms with E-state index in [-0.39, 0.29) is 13.2 Å². The second-order valence-electron chi connectivity index (χ2n) is 4.64. The molecule has 0 spiro atoms. The van der Waals surface area contributed by atoms with E-state index in [0.29, 0.717) is 12.1 Å². The van der Waals surface area contributed by atoms with Gasteiger partial charge in [0.1, 0.15) is 6.61 Å². The van der Waals surface area contributed by atoms with Gasteiger partial charge in [-0.1, -0.05) is 43.8 Å². The first-order valence-corrected chi connectivity index (χ1v) is 6.41.